The first-order valence-electron chi connectivity index (χ1n) is 8.52. The molecule has 142 valence electrons. The molecule has 4 rings (SSSR count). The van der Waals surface area contributed by atoms with Crippen LogP contribution in [0.3, 0.4) is 0 Å². The molecule has 4 N–H and O–H groups in total. The molecule has 3 heterocycles. The Kier molecular flexibility index (Phi) is 4.16. The van der Waals surface area contributed by atoms with E-state index in [0.29, 0.717) is 6.61 Å². The van der Waals surface area contributed by atoms with Crippen molar-refractivity contribution >= 4 is 29.3 Å². The minimum Gasteiger partial charge on any atom is -0.378 e. The highest BCUT2D eigenvalue weighted by Gasteiger charge is 2.46. The minimum atomic E-state index is -1.11. The lowest BCUT2D eigenvalue weighted by molar-refractivity contribution is -0.136. The third-order valence-electron chi connectivity index (χ3n) is 5.01. The van der Waals surface area contributed by atoms with Crippen LogP contribution >= 0.6 is 0 Å². The Morgan fingerprint density at radius 1 is 1.19 bits per heavy atom. The Bertz CT molecular complexity index is 873. The van der Waals surface area contributed by atoms with Crippen LogP contribution in [0.2, 0.25) is 0 Å². The summed E-state index contributed by atoms with van der Waals surface area (Å²) in [7, 11) is 0. The Balaban J connectivity index is 1.70. The molecule has 0 bridgehead atoms. The molecule has 0 saturated carbocycles. The lowest BCUT2D eigenvalue weighted by atomic mass is 10.0. The fourth-order valence-corrected chi connectivity index (χ4v) is 3.58. The molecule has 1 unspecified atom stereocenters. The number of anilines is 1. The Morgan fingerprint density at radius 3 is 2.63 bits per heavy atom. The monoisotopic (exact) mass is 376 g/mol. The molecule has 0 radical (unpaired) electrons. The van der Waals surface area contributed by atoms with Crippen molar-refractivity contribution in [2.75, 3.05) is 18.5 Å². The van der Waals surface area contributed by atoms with Gasteiger partial charge in [0.15, 0.2) is 0 Å². The van der Waals surface area contributed by atoms with Crippen LogP contribution < -0.4 is 16.4 Å². The van der Waals surface area contributed by atoms with E-state index in [2.05, 4.69) is 10.6 Å². The zero-order chi connectivity index (χ0) is 19.3. The highest BCUT2D eigenvalue weighted by molar-refractivity contribution is 6.25. The molecule has 0 spiro atoms. The summed E-state index contributed by atoms with van der Waals surface area (Å²) < 4.78 is 19.7. The molecule has 4 amide bonds. The van der Waals surface area contributed by atoms with Crippen molar-refractivity contribution in [2.45, 2.75) is 31.0 Å². The molecule has 0 aliphatic carbocycles. The molecule has 0 aromatic heterocycles. The fraction of sp³-hybridized carbons (Fsp3) is 0.412. The number of amides is 4. The first kappa shape index (κ1) is 17.6. The van der Waals surface area contributed by atoms with Crippen LogP contribution in [-0.4, -0.2) is 59.9 Å². The average molecular weight is 376 g/mol. The number of hydrogen-bond acceptors (Lipinski definition) is 7. The number of hydrogen-bond donors (Lipinski definition) is 3. The van der Waals surface area contributed by atoms with E-state index in [9.17, 15) is 23.6 Å². The molecule has 3 aliphatic rings. The number of ether oxygens (including phenoxy) is 1. The highest BCUT2D eigenvalue weighted by atomic mass is 19.1. The predicted molar refractivity (Wildman–Crippen MR) is 89.3 cm³/mol. The summed E-state index contributed by atoms with van der Waals surface area (Å²) >= 11 is 0. The molecule has 10 heteroatoms. The van der Waals surface area contributed by atoms with Gasteiger partial charge in [0.05, 0.1) is 42.1 Å². The summed E-state index contributed by atoms with van der Waals surface area (Å²) in [6.45, 7) is 0.535. The second-order valence-corrected chi connectivity index (χ2v) is 6.74. The third-order valence-corrected chi connectivity index (χ3v) is 5.01. The van der Waals surface area contributed by atoms with Gasteiger partial charge in [0, 0.05) is 6.42 Å². The van der Waals surface area contributed by atoms with E-state index in [1.165, 1.54) is 6.07 Å². The summed E-state index contributed by atoms with van der Waals surface area (Å²) in [5.41, 5.74) is 5.64. The van der Waals surface area contributed by atoms with Crippen molar-refractivity contribution in [1.82, 2.24) is 10.2 Å². The summed E-state index contributed by atoms with van der Waals surface area (Å²) in [5.74, 6) is -3.36. The first-order valence-corrected chi connectivity index (χ1v) is 8.52. The summed E-state index contributed by atoms with van der Waals surface area (Å²) in [6.07, 6.45) is 0.0419. The van der Waals surface area contributed by atoms with E-state index in [1.54, 1.807) is 0 Å². The quantitative estimate of drug-likeness (QED) is 0.598. The van der Waals surface area contributed by atoms with Crippen molar-refractivity contribution in [1.29, 1.82) is 0 Å². The normalized spacial score (nSPS) is 27.8. The zero-order valence-corrected chi connectivity index (χ0v) is 14.2. The zero-order valence-electron chi connectivity index (χ0n) is 14.2. The van der Waals surface area contributed by atoms with Gasteiger partial charge >= 0.3 is 0 Å². The van der Waals surface area contributed by atoms with Crippen LogP contribution in [0, 0.1) is 5.82 Å². The van der Waals surface area contributed by atoms with Gasteiger partial charge in [-0.05, 0) is 18.6 Å². The van der Waals surface area contributed by atoms with Crippen molar-refractivity contribution in [3.63, 3.8) is 0 Å². The first-order chi connectivity index (χ1) is 12.9. The molecule has 9 nitrogen and oxygen atoms in total. The van der Waals surface area contributed by atoms with Crippen molar-refractivity contribution in [3.05, 3.63) is 29.1 Å². The van der Waals surface area contributed by atoms with E-state index >= 15 is 0 Å². The molecular weight excluding hydrogens is 359 g/mol. The molecule has 3 atom stereocenters. The lowest BCUT2D eigenvalue weighted by Crippen LogP contribution is -2.54. The largest absolute Gasteiger partial charge is 0.378 e. The molecular formula is C17H17FN4O5. The SMILES string of the molecule is N[C@@H]1COC[C@H]1Nc1c(F)ccc2c1C(=O)N(C1CCC(=O)NC1=O)C2=O. The van der Waals surface area contributed by atoms with Crippen molar-refractivity contribution in [2.24, 2.45) is 5.73 Å². The maximum Gasteiger partial charge on any atom is 0.264 e. The van der Waals surface area contributed by atoms with Gasteiger partial charge < -0.3 is 15.8 Å². The Labute approximate surface area is 153 Å². The second kappa shape index (κ2) is 6.39. The number of imide groups is 2. The topological polar surface area (TPSA) is 131 Å². The van der Waals surface area contributed by atoms with Gasteiger partial charge in [0.25, 0.3) is 11.8 Å². The molecule has 2 fully saturated rings. The van der Waals surface area contributed by atoms with Gasteiger partial charge in [-0.15, -0.1) is 0 Å². The summed E-state index contributed by atoms with van der Waals surface area (Å²) in [6, 6.07) is 0.384. The van der Waals surface area contributed by atoms with Gasteiger partial charge in [-0.1, -0.05) is 0 Å². The van der Waals surface area contributed by atoms with E-state index in [-0.39, 0.29) is 36.3 Å². The van der Waals surface area contributed by atoms with Gasteiger partial charge in [0.2, 0.25) is 11.8 Å². The van der Waals surface area contributed by atoms with Crippen LogP contribution in [0.1, 0.15) is 33.6 Å². The number of nitrogens with one attached hydrogen (secondary N) is 2. The number of halogens is 1. The maximum atomic E-state index is 14.5. The Morgan fingerprint density at radius 2 is 1.96 bits per heavy atom. The van der Waals surface area contributed by atoms with Crippen LogP contribution in [0.15, 0.2) is 12.1 Å². The summed E-state index contributed by atoms with van der Waals surface area (Å²) in [4.78, 5) is 49.9. The smallest absolute Gasteiger partial charge is 0.264 e. The number of nitrogens with zero attached hydrogens (tertiary/aromatic N) is 1. The van der Waals surface area contributed by atoms with Gasteiger partial charge in [0.1, 0.15) is 11.9 Å². The van der Waals surface area contributed by atoms with Crippen LogP contribution in [0.5, 0.6) is 0 Å². The number of rotatable bonds is 3. The van der Waals surface area contributed by atoms with E-state index in [0.717, 1.165) is 11.0 Å². The van der Waals surface area contributed by atoms with Gasteiger partial charge in [-0.3, -0.25) is 29.4 Å². The Hall–Kier alpha value is -2.85. The molecule has 27 heavy (non-hydrogen) atoms. The third kappa shape index (κ3) is 2.77. The standard InChI is InChI=1S/C17H17FN4O5/c18-8-2-1-7-13(14(8)20-10-6-27-5-9(10)19)17(26)22(16(7)25)11-3-4-12(23)21-15(11)24/h1-2,9-11,20H,3-6,19H2,(H,21,23,24)/t9-,10-,11?/m1/s1. The van der Waals surface area contributed by atoms with Crippen molar-refractivity contribution < 1.29 is 28.3 Å². The van der Waals surface area contributed by atoms with Gasteiger partial charge in [-0.25, -0.2) is 4.39 Å². The lowest BCUT2D eigenvalue weighted by Gasteiger charge is -2.28. The number of carbonyl (C=O) groups is 4. The average Bonchev–Trinajstić information content (AvgIpc) is 3.13. The number of benzene rings is 1. The molecule has 1 aromatic carbocycles. The number of nitrogens with two attached hydrogens (primary N) is 1. The number of piperidine rings is 1. The van der Waals surface area contributed by atoms with Crippen molar-refractivity contribution in [3.8, 4) is 0 Å². The number of carbonyl (C=O) groups excluding carboxylic acids is 4. The van der Waals surface area contributed by atoms with Gasteiger partial charge in [-0.2, -0.15) is 0 Å². The van der Waals surface area contributed by atoms with Crippen LogP contribution in [0.25, 0.3) is 0 Å². The molecule has 3 aliphatic heterocycles. The fourth-order valence-electron chi connectivity index (χ4n) is 3.58. The van der Waals surface area contributed by atoms with E-state index in [4.69, 9.17) is 10.5 Å². The minimum absolute atomic E-state index is 0.00101. The molecule has 2 saturated heterocycles. The van der Waals surface area contributed by atoms with E-state index < -0.39 is 47.6 Å². The molecule has 1 aromatic rings. The van der Waals surface area contributed by atoms with Crippen LogP contribution in [-0.2, 0) is 14.3 Å². The highest BCUT2D eigenvalue weighted by Crippen LogP contribution is 2.34. The van der Waals surface area contributed by atoms with E-state index in [1.807, 2.05) is 0 Å². The predicted octanol–water partition coefficient (Wildman–Crippen LogP) is -0.635. The summed E-state index contributed by atoms with van der Waals surface area (Å²) in [5, 5.41) is 4.99. The van der Waals surface area contributed by atoms with Crippen LogP contribution in [0.4, 0.5) is 10.1 Å². The number of fused-ring (bicyclic) bond motifs is 1. The second-order valence-electron chi connectivity index (χ2n) is 6.74. The maximum absolute atomic E-state index is 14.5.